The Kier molecular flexibility index (Phi) is 5.05. The van der Waals surface area contributed by atoms with Crippen molar-refractivity contribution in [3.05, 3.63) is 0 Å². The maximum atomic E-state index is 10.1. The SMILES string of the molecule is CC(=O)SOCCO. The van der Waals surface area contributed by atoms with Crippen LogP contribution in [0, 0.1) is 0 Å². The summed E-state index contributed by atoms with van der Waals surface area (Å²) in [5.41, 5.74) is 0. The molecule has 0 heterocycles. The van der Waals surface area contributed by atoms with Gasteiger partial charge in [0.2, 0.25) is 5.12 Å². The smallest absolute Gasteiger partial charge is 0.212 e. The van der Waals surface area contributed by atoms with Crippen molar-refractivity contribution in [2.45, 2.75) is 6.92 Å². The highest BCUT2D eigenvalue weighted by molar-refractivity contribution is 8.09. The predicted molar refractivity (Wildman–Crippen MR) is 31.3 cm³/mol. The Labute approximate surface area is 52.2 Å². The van der Waals surface area contributed by atoms with E-state index in [4.69, 9.17) is 5.11 Å². The van der Waals surface area contributed by atoms with Crippen LogP contribution in [0.1, 0.15) is 6.92 Å². The first-order chi connectivity index (χ1) is 3.77. The molecule has 0 fully saturated rings. The molecular weight excluding hydrogens is 128 g/mol. The molecule has 0 rings (SSSR count). The number of aliphatic hydroxyl groups is 1. The molecular formula is C4H8O3S. The van der Waals surface area contributed by atoms with E-state index in [0.717, 1.165) is 12.0 Å². The predicted octanol–water partition coefficient (Wildman–Crippen LogP) is 0.190. The van der Waals surface area contributed by atoms with Crippen LogP contribution >= 0.6 is 12.0 Å². The molecule has 0 aliphatic carbocycles. The van der Waals surface area contributed by atoms with E-state index in [2.05, 4.69) is 4.18 Å². The molecule has 0 unspecified atom stereocenters. The minimum absolute atomic E-state index is 0.0414. The standard InChI is InChI=1S/C4H8O3S/c1-4(6)8-7-3-2-5/h5H,2-3H2,1H3. The zero-order valence-electron chi connectivity index (χ0n) is 4.59. The third kappa shape index (κ3) is 5.94. The summed E-state index contributed by atoms with van der Waals surface area (Å²) in [6, 6.07) is 0. The molecule has 0 aromatic rings. The first-order valence-corrected chi connectivity index (χ1v) is 2.92. The Balaban J connectivity index is 2.82. The van der Waals surface area contributed by atoms with Crippen LogP contribution in [0.15, 0.2) is 0 Å². The summed E-state index contributed by atoms with van der Waals surface area (Å²) in [7, 11) is 0. The summed E-state index contributed by atoms with van der Waals surface area (Å²) >= 11 is 0.757. The Morgan fingerprint density at radius 2 is 2.50 bits per heavy atom. The molecule has 0 amide bonds. The lowest BCUT2D eigenvalue weighted by Crippen LogP contribution is -1.93. The average Bonchev–Trinajstić information content (AvgIpc) is 1.66. The fourth-order valence-electron chi connectivity index (χ4n) is 0.162. The van der Waals surface area contributed by atoms with Gasteiger partial charge in [-0.2, -0.15) is 0 Å². The van der Waals surface area contributed by atoms with Crippen molar-refractivity contribution in [2.24, 2.45) is 0 Å². The quantitative estimate of drug-likeness (QED) is 0.444. The fraction of sp³-hybridized carbons (Fsp3) is 0.750. The van der Waals surface area contributed by atoms with Crippen molar-refractivity contribution in [1.82, 2.24) is 0 Å². The van der Waals surface area contributed by atoms with Crippen LogP contribution in [0.4, 0.5) is 0 Å². The highest BCUT2D eigenvalue weighted by atomic mass is 32.2. The fourth-order valence-corrected chi connectivity index (χ4v) is 0.486. The summed E-state index contributed by atoms with van der Waals surface area (Å²) < 4.78 is 4.56. The molecule has 0 saturated carbocycles. The topological polar surface area (TPSA) is 46.5 Å². The van der Waals surface area contributed by atoms with Gasteiger partial charge in [-0.3, -0.25) is 4.79 Å². The Bertz CT molecular complexity index is 73.7. The van der Waals surface area contributed by atoms with E-state index in [0.29, 0.717) is 0 Å². The van der Waals surface area contributed by atoms with Gasteiger partial charge in [0.15, 0.2) is 0 Å². The molecule has 3 nitrogen and oxygen atoms in total. The number of rotatable bonds is 3. The molecule has 0 spiro atoms. The van der Waals surface area contributed by atoms with Gasteiger partial charge in [-0.05, 0) is 0 Å². The molecule has 0 saturated heterocycles. The molecule has 0 aliphatic heterocycles. The molecule has 4 heteroatoms. The van der Waals surface area contributed by atoms with Crippen molar-refractivity contribution in [3.63, 3.8) is 0 Å². The molecule has 8 heavy (non-hydrogen) atoms. The van der Waals surface area contributed by atoms with E-state index >= 15 is 0 Å². The van der Waals surface area contributed by atoms with Gasteiger partial charge in [0.25, 0.3) is 0 Å². The van der Waals surface area contributed by atoms with Gasteiger partial charge in [-0.15, -0.1) is 0 Å². The lowest BCUT2D eigenvalue weighted by atomic mass is 10.8. The van der Waals surface area contributed by atoms with Crippen molar-refractivity contribution >= 4 is 17.2 Å². The second-order valence-electron chi connectivity index (χ2n) is 1.12. The lowest BCUT2D eigenvalue weighted by Gasteiger charge is -1.92. The first kappa shape index (κ1) is 7.94. The highest BCUT2D eigenvalue weighted by Gasteiger charge is 1.91. The third-order valence-corrected chi connectivity index (χ3v) is 0.870. The molecule has 0 bridgehead atoms. The zero-order valence-corrected chi connectivity index (χ0v) is 5.40. The van der Waals surface area contributed by atoms with Gasteiger partial charge in [0.05, 0.1) is 25.3 Å². The molecule has 48 valence electrons. The maximum Gasteiger partial charge on any atom is 0.212 e. The van der Waals surface area contributed by atoms with Gasteiger partial charge >= 0.3 is 0 Å². The minimum Gasteiger partial charge on any atom is -0.394 e. The van der Waals surface area contributed by atoms with Crippen LogP contribution < -0.4 is 0 Å². The highest BCUT2D eigenvalue weighted by Crippen LogP contribution is 2.00. The Morgan fingerprint density at radius 1 is 1.88 bits per heavy atom. The second-order valence-corrected chi connectivity index (χ2v) is 2.10. The summed E-state index contributed by atoms with van der Waals surface area (Å²) in [5, 5.41) is 8.03. The van der Waals surface area contributed by atoms with E-state index in [1.54, 1.807) is 0 Å². The van der Waals surface area contributed by atoms with Crippen molar-refractivity contribution < 1.29 is 14.1 Å². The van der Waals surface area contributed by atoms with E-state index in [9.17, 15) is 4.79 Å². The summed E-state index contributed by atoms with van der Waals surface area (Å²) in [6.45, 7) is 1.58. The van der Waals surface area contributed by atoms with E-state index in [1.165, 1.54) is 6.92 Å². The number of carbonyl (C=O) groups excluding carboxylic acids is 1. The maximum absolute atomic E-state index is 10.1. The van der Waals surface area contributed by atoms with Gasteiger partial charge in [-0.1, -0.05) is 0 Å². The van der Waals surface area contributed by atoms with Gasteiger partial charge < -0.3 is 9.29 Å². The van der Waals surface area contributed by atoms with Gasteiger partial charge in [-0.25, -0.2) is 0 Å². The van der Waals surface area contributed by atoms with Crippen molar-refractivity contribution in [3.8, 4) is 0 Å². The number of carbonyl (C=O) groups is 1. The molecule has 1 N–H and O–H groups in total. The van der Waals surface area contributed by atoms with Crippen molar-refractivity contribution in [2.75, 3.05) is 13.2 Å². The molecule has 0 aromatic carbocycles. The van der Waals surface area contributed by atoms with E-state index in [-0.39, 0.29) is 18.3 Å². The van der Waals surface area contributed by atoms with Crippen LogP contribution in [0.2, 0.25) is 0 Å². The summed E-state index contributed by atoms with van der Waals surface area (Å²) in [5.74, 6) is 0. The van der Waals surface area contributed by atoms with Gasteiger partial charge in [0.1, 0.15) is 0 Å². The minimum atomic E-state index is -0.0987. The summed E-state index contributed by atoms with van der Waals surface area (Å²) in [4.78, 5) is 10.1. The molecule has 0 atom stereocenters. The molecule has 0 aromatic heterocycles. The largest absolute Gasteiger partial charge is 0.394 e. The number of hydrogen-bond acceptors (Lipinski definition) is 4. The Morgan fingerprint density at radius 3 is 2.88 bits per heavy atom. The Hall–Kier alpha value is -0.0600. The number of aliphatic hydroxyl groups excluding tert-OH is 1. The van der Waals surface area contributed by atoms with Crippen molar-refractivity contribution in [1.29, 1.82) is 0 Å². The summed E-state index contributed by atoms with van der Waals surface area (Å²) in [6.07, 6.45) is 0. The monoisotopic (exact) mass is 136 g/mol. The lowest BCUT2D eigenvalue weighted by molar-refractivity contribution is -0.109. The molecule has 0 radical (unpaired) electrons. The van der Waals surface area contributed by atoms with E-state index in [1.807, 2.05) is 0 Å². The van der Waals surface area contributed by atoms with Crippen LogP contribution in [0.25, 0.3) is 0 Å². The first-order valence-electron chi connectivity index (χ1n) is 2.18. The zero-order chi connectivity index (χ0) is 6.41. The third-order valence-electron chi connectivity index (χ3n) is 0.351. The van der Waals surface area contributed by atoms with Crippen LogP contribution in [0.5, 0.6) is 0 Å². The molecule has 0 aliphatic rings. The van der Waals surface area contributed by atoms with Crippen LogP contribution in [-0.4, -0.2) is 23.4 Å². The normalized spacial score (nSPS) is 9.25. The average molecular weight is 136 g/mol. The van der Waals surface area contributed by atoms with Crippen LogP contribution in [0.3, 0.4) is 0 Å². The van der Waals surface area contributed by atoms with Gasteiger partial charge in [0, 0.05) is 6.92 Å². The van der Waals surface area contributed by atoms with E-state index < -0.39 is 0 Å². The van der Waals surface area contributed by atoms with Crippen LogP contribution in [-0.2, 0) is 8.98 Å². The number of hydrogen-bond donors (Lipinski definition) is 1. The second kappa shape index (κ2) is 5.08.